The summed E-state index contributed by atoms with van der Waals surface area (Å²) in [6, 6.07) is 8.85. The summed E-state index contributed by atoms with van der Waals surface area (Å²) in [6.07, 6.45) is 8.13. The lowest BCUT2D eigenvalue weighted by Gasteiger charge is -2.44. The van der Waals surface area contributed by atoms with Gasteiger partial charge < -0.3 is 30.3 Å². The number of piperidine rings is 1. The average Bonchev–Trinajstić information content (AvgIpc) is 3.57. The first kappa shape index (κ1) is 55.7. The van der Waals surface area contributed by atoms with E-state index < -0.39 is 29.3 Å². The molecule has 2 atom stereocenters. The van der Waals surface area contributed by atoms with E-state index in [1.807, 2.05) is 30.7 Å². The summed E-state index contributed by atoms with van der Waals surface area (Å²) in [7, 11) is 3.71. The van der Waals surface area contributed by atoms with Crippen LogP contribution in [0, 0.1) is 26.6 Å². The van der Waals surface area contributed by atoms with E-state index in [9.17, 15) is 44.2 Å². The Bertz CT molecular complexity index is 2300. The molecule has 3 aliphatic rings. The third-order valence-corrected chi connectivity index (χ3v) is 13.9. The van der Waals surface area contributed by atoms with Gasteiger partial charge in [0.05, 0.1) is 62.2 Å². The maximum atomic E-state index is 13.2. The lowest BCUT2D eigenvalue weighted by atomic mass is 9.88. The number of allylic oxidation sites excluding steroid dienone is 1. The molecular weight excluding hydrogens is 913 g/mol. The largest absolute Gasteiger partial charge is 0.512 e. The molecule has 386 valence electrons. The third-order valence-electron chi connectivity index (χ3n) is 13.9. The zero-order valence-corrected chi connectivity index (χ0v) is 41.9. The first-order valence-electron chi connectivity index (χ1n) is 24.5. The number of ether oxygens (including phenoxy) is 1. The molecule has 0 radical (unpaired) electrons. The Morgan fingerprint density at radius 1 is 0.915 bits per heavy atom. The highest BCUT2D eigenvalue weighted by atomic mass is 16.5. The number of rotatable bonds is 25. The fraction of sp³-hybridized carbons (Fsp3) is 0.620. The SMILES string of the molecule is C=C(O)CN1CCN(CC(=O)N=O)CC(CCCCC(=C)N2CCC(N(C)CC(=O)NCCCCOc3ccc4nccc(C(=O)NCC(=O)N5CC(C)(C)CC5C#N)c4c3)CC2)(N(C)CC(=O)N=O)C1. The van der Waals surface area contributed by atoms with Gasteiger partial charge in [0, 0.05) is 91.6 Å². The zero-order valence-electron chi connectivity index (χ0n) is 41.9. The minimum absolute atomic E-state index is 0.0251. The molecule has 5 rings (SSSR count). The Labute approximate surface area is 416 Å². The summed E-state index contributed by atoms with van der Waals surface area (Å²) in [6.45, 7) is 16.5. The molecule has 71 heavy (non-hydrogen) atoms. The Morgan fingerprint density at radius 3 is 2.30 bits per heavy atom. The van der Waals surface area contributed by atoms with Gasteiger partial charge in [-0.15, -0.1) is 9.81 Å². The van der Waals surface area contributed by atoms with Gasteiger partial charge >= 0.3 is 0 Å². The number of hydrogen-bond acceptors (Lipinski definition) is 16. The Hall–Kier alpha value is -6.21. The van der Waals surface area contributed by atoms with E-state index in [0.717, 1.165) is 50.9 Å². The van der Waals surface area contributed by atoms with E-state index in [1.165, 1.54) is 4.90 Å². The number of nitrogens with zero attached hydrogens (tertiary/aromatic N) is 10. The van der Waals surface area contributed by atoms with Crippen LogP contribution in [0.2, 0.25) is 0 Å². The molecule has 21 heteroatoms. The first-order valence-corrected chi connectivity index (χ1v) is 24.5. The van der Waals surface area contributed by atoms with Crippen molar-refractivity contribution >= 4 is 40.4 Å². The monoisotopic (exact) mass is 985 g/mol. The smallest absolute Gasteiger partial charge is 0.300 e. The van der Waals surface area contributed by atoms with Gasteiger partial charge in [-0.1, -0.05) is 33.4 Å². The van der Waals surface area contributed by atoms with Crippen LogP contribution in [0.5, 0.6) is 5.75 Å². The van der Waals surface area contributed by atoms with Crippen molar-refractivity contribution in [3.05, 3.63) is 70.5 Å². The van der Waals surface area contributed by atoms with Gasteiger partial charge in [-0.05, 0) is 95.1 Å². The van der Waals surface area contributed by atoms with Crippen LogP contribution >= 0.6 is 0 Å². The molecule has 0 aliphatic carbocycles. The number of likely N-dealkylation sites (tertiary alicyclic amines) is 2. The van der Waals surface area contributed by atoms with E-state index in [1.54, 1.807) is 42.4 Å². The van der Waals surface area contributed by atoms with Crippen LogP contribution < -0.4 is 15.4 Å². The minimum atomic E-state index is -0.820. The number of aromatic nitrogens is 1. The average molecular weight is 985 g/mol. The van der Waals surface area contributed by atoms with E-state index in [2.05, 4.69) is 55.0 Å². The number of aliphatic hydroxyl groups is 1. The molecule has 0 saturated carbocycles. The van der Waals surface area contributed by atoms with E-state index in [-0.39, 0.29) is 61.8 Å². The van der Waals surface area contributed by atoms with Crippen molar-refractivity contribution in [3.8, 4) is 11.8 Å². The van der Waals surface area contributed by atoms with E-state index >= 15 is 0 Å². The van der Waals surface area contributed by atoms with Crippen molar-refractivity contribution < 1.29 is 33.8 Å². The molecule has 3 saturated heterocycles. The predicted molar refractivity (Wildman–Crippen MR) is 268 cm³/mol. The second-order valence-electron chi connectivity index (χ2n) is 20.1. The van der Waals surface area contributed by atoms with Crippen LogP contribution in [0.4, 0.5) is 0 Å². The molecule has 3 N–H and O–H groups in total. The van der Waals surface area contributed by atoms with E-state index in [4.69, 9.17) is 4.74 Å². The molecule has 1 aromatic heterocycles. The highest BCUT2D eigenvalue weighted by Gasteiger charge is 2.42. The molecule has 2 aromatic rings. The maximum absolute atomic E-state index is 13.2. The molecule has 2 unspecified atom stereocenters. The van der Waals surface area contributed by atoms with Crippen LogP contribution in [-0.2, 0) is 19.2 Å². The molecule has 21 nitrogen and oxygen atoms in total. The molecule has 3 aliphatic heterocycles. The van der Waals surface area contributed by atoms with E-state index in [0.29, 0.717) is 93.8 Å². The van der Waals surface area contributed by atoms with Gasteiger partial charge in [-0.3, -0.25) is 48.6 Å². The summed E-state index contributed by atoms with van der Waals surface area (Å²) < 4.78 is 6.01. The molecule has 1 aromatic carbocycles. The maximum Gasteiger partial charge on any atom is 0.300 e. The van der Waals surface area contributed by atoms with Crippen LogP contribution in [0.25, 0.3) is 10.9 Å². The fourth-order valence-corrected chi connectivity index (χ4v) is 10.1. The van der Waals surface area contributed by atoms with Crippen molar-refractivity contribution in [3.63, 3.8) is 0 Å². The number of unbranched alkanes of at least 4 members (excludes halogenated alkanes) is 2. The quantitative estimate of drug-likeness (QED) is 0.0727. The van der Waals surface area contributed by atoms with Crippen LogP contribution in [0.15, 0.2) is 65.4 Å². The van der Waals surface area contributed by atoms with Crippen LogP contribution in [-0.4, -0.2) is 192 Å². The number of nitriles is 1. The summed E-state index contributed by atoms with van der Waals surface area (Å²) in [5, 5.41) is 31.1. The molecule has 5 amide bonds. The second-order valence-corrected chi connectivity index (χ2v) is 20.1. The summed E-state index contributed by atoms with van der Waals surface area (Å²) >= 11 is 0. The second kappa shape index (κ2) is 26.3. The Balaban J connectivity index is 1.00. The predicted octanol–water partition coefficient (Wildman–Crippen LogP) is 3.81. The number of likely N-dealkylation sites (N-methyl/N-ethyl adjacent to an activating group) is 2. The molecule has 0 bridgehead atoms. The standard InChI is InChI=1S/C50H72N12O9/c1-36(11-7-8-17-50(58(6)31-45(65)55-69)34-59(29-37(2)63)22-23-60(35-50)32-46(66)56-70)61-20-15-38(16-21-61)57(5)30-44(64)53-18-9-10-24-71-40-12-13-43-42(25-40)41(14-19-52-43)48(68)54-28-47(67)62-33-49(3,4)26-39(62)27-51/h12-14,19,25,38-39,63H,1-2,7-11,15-18,20-24,26,28-35H2,3-6H3,(H,53,64)(H,54,68). The van der Waals surface area contributed by atoms with Crippen molar-refractivity contribution in [1.29, 1.82) is 5.26 Å². The van der Waals surface area contributed by atoms with Crippen molar-refractivity contribution in [2.45, 2.75) is 89.3 Å². The number of carbonyl (C=O) groups is 5. The molecule has 3 fully saturated rings. The van der Waals surface area contributed by atoms with Gasteiger partial charge in [-0.25, -0.2) is 0 Å². The topological polar surface area (TPSA) is 254 Å². The number of nitrogens with one attached hydrogen (secondary N) is 2. The van der Waals surface area contributed by atoms with Gasteiger partial charge in [0.2, 0.25) is 11.8 Å². The van der Waals surface area contributed by atoms with Crippen molar-refractivity contribution in [2.24, 2.45) is 15.8 Å². The zero-order chi connectivity index (χ0) is 51.7. The lowest BCUT2D eigenvalue weighted by molar-refractivity contribution is -0.130. The van der Waals surface area contributed by atoms with Gasteiger partial charge in [0.25, 0.3) is 17.7 Å². The molecule has 4 heterocycles. The van der Waals surface area contributed by atoms with Gasteiger partial charge in [0.1, 0.15) is 11.8 Å². The number of benzene rings is 1. The fourth-order valence-electron chi connectivity index (χ4n) is 10.1. The van der Waals surface area contributed by atoms with Gasteiger partial charge in [0.15, 0.2) is 0 Å². The normalized spacial score (nSPS) is 19.8. The third kappa shape index (κ3) is 16.4. The number of amides is 5. The Morgan fingerprint density at radius 2 is 1.62 bits per heavy atom. The number of nitroso groups, excluding NO2 is 2. The Kier molecular flexibility index (Phi) is 20.6. The summed E-state index contributed by atoms with van der Waals surface area (Å²) in [5.41, 5.74) is 1.09. The number of aliphatic hydroxyl groups excluding tert-OH is 1. The number of carbonyl (C=O) groups excluding carboxylic acids is 5. The van der Waals surface area contributed by atoms with Crippen molar-refractivity contribution in [2.75, 3.05) is 106 Å². The molecular formula is C50H72N12O9. The summed E-state index contributed by atoms with van der Waals surface area (Å²) in [4.78, 5) is 101. The minimum Gasteiger partial charge on any atom is -0.512 e. The highest BCUT2D eigenvalue weighted by molar-refractivity contribution is 6.07. The lowest BCUT2D eigenvalue weighted by Crippen LogP contribution is -2.59. The van der Waals surface area contributed by atoms with Crippen molar-refractivity contribution in [1.82, 2.24) is 45.0 Å². The first-order chi connectivity index (χ1) is 33.8. The number of hydrogen-bond donors (Lipinski definition) is 3. The number of pyridine rings is 1. The van der Waals surface area contributed by atoms with Gasteiger partial charge in [-0.2, -0.15) is 5.26 Å². The molecule has 0 spiro atoms. The summed E-state index contributed by atoms with van der Waals surface area (Å²) in [5.74, 6) is -1.85. The highest BCUT2D eigenvalue weighted by Crippen LogP contribution is 2.34. The van der Waals surface area contributed by atoms with Crippen LogP contribution in [0.1, 0.15) is 82.0 Å². The number of fused-ring (bicyclic) bond motifs is 1. The van der Waals surface area contributed by atoms with Crippen LogP contribution in [0.3, 0.4) is 0 Å².